The lowest BCUT2D eigenvalue weighted by Crippen LogP contribution is -2.60. The van der Waals surface area contributed by atoms with Gasteiger partial charge in [-0.25, -0.2) is 4.79 Å². The van der Waals surface area contributed by atoms with Crippen LogP contribution in [0.1, 0.15) is 55.4 Å². The molecular weight excluding hydrogens is 578 g/mol. The van der Waals surface area contributed by atoms with Crippen molar-refractivity contribution in [1.29, 1.82) is 0 Å². The highest BCUT2D eigenvalue weighted by atomic mass is 19.4. The highest BCUT2D eigenvalue weighted by Gasteiger charge is 2.65. The van der Waals surface area contributed by atoms with Crippen LogP contribution in [-0.2, 0) is 40.8 Å². The van der Waals surface area contributed by atoms with Crippen molar-refractivity contribution in [3.05, 3.63) is 34.9 Å². The van der Waals surface area contributed by atoms with E-state index in [1.54, 1.807) is 0 Å². The number of alkyl halides is 6. The van der Waals surface area contributed by atoms with Crippen molar-refractivity contribution in [1.82, 2.24) is 10.2 Å². The second-order valence-electron chi connectivity index (χ2n) is 11.0. The number of methoxy groups -OCH3 is 1. The molecule has 236 valence electrons. The first-order chi connectivity index (χ1) is 19.7. The largest absolute Gasteiger partial charge is 0.509 e. The molecule has 3 fully saturated rings. The number of halogens is 6. The summed E-state index contributed by atoms with van der Waals surface area (Å²) in [6, 6.07) is 1.38. The number of carbonyl (C=O) groups excluding carboxylic acids is 2. The molecule has 0 radical (unpaired) electrons. The molecule has 2 saturated heterocycles. The second kappa shape index (κ2) is 12.5. The standard InChI is InChI=1S/C27H34F6N2O7/c1-17(18-9-19(26(28,29)30)11-20(10-18)27(31,32)33)41-15-25-13-21(25)12-24(4-3-22(36)34-24)14-35(25)16-42-23(37)40-8-7-39-6-5-38-2/h9-11,17,21H,3-8,12-16H2,1-2H3,(H,34,36)/t17-,21?,24-,25+/m1/s1. The van der Waals surface area contributed by atoms with Crippen LogP contribution in [0.5, 0.6) is 0 Å². The molecule has 1 aliphatic carbocycles. The average Bonchev–Trinajstić information content (AvgIpc) is 3.52. The Morgan fingerprint density at radius 3 is 2.29 bits per heavy atom. The SMILES string of the molecule is COCCOCCOC(=O)OCN1C[C@@]2(CCC(=O)N2)CC2C[C@]21CO[C@H](C)c1cc(C(F)(F)F)cc(C(F)(F)F)c1. The van der Waals surface area contributed by atoms with Gasteiger partial charge in [-0.3, -0.25) is 9.69 Å². The summed E-state index contributed by atoms with van der Waals surface area (Å²) in [5.74, 6) is -0.0929. The average molecular weight is 613 g/mol. The molecule has 15 heteroatoms. The number of likely N-dealkylation sites (tertiary alicyclic amines) is 1. The van der Waals surface area contributed by atoms with Crippen molar-refractivity contribution in [3.63, 3.8) is 0 Å². The molecule has 3 aliphatic rings. The molecule has 1 amide bonds. The molecular formula is C27H34F6N2O7. The number of ether oxygens (including phenoxy) is 5. The highest BCUT2D eigenvalue weighted by Crippen LogP contribution is 2.58. The topological polar surface area (TPSA) is 95.6 Å². The maximum atomic E-state index is 13.4. The van der Waals surface area contributed by atoms with E-state index in [4.69, 9.17) is 23.7 Å². The third-order valence-corrected chi connectivity index (χ3v) is 8.08. The predicted octanol–water partition coefficient (Wildman–Crippen LogP) is 4.69. The molecule has 42 heavy (non-hydrogen) atoms. The summed E-state index contributed by atoms with van der Waals surface area (Å²) in [4.78, 5) is 26.1. The minimum atomic E-state index is -4.97. The first-order valence-electron chi connectivity index (χ1n) is 13.5. The number of carbonyl (C=O) groups is 2. The van der Waals surface area contributed by atoms with Gasteiger partial charge < -0.3 is 29.0 Å². The first-order valence-corrected chi connectivity index (χ1v) is 13.5. The molecule has 1 aromatic rings. The molecule has 4 rings (SSSR count). The van der Waals surface area contributed by atoms with Gasteiger partial charge in [0, 0.05) is 20.1 Å². The van der Waals surface area contributed by atoms with Gasteiger partial charge >= 0.3 is 18.5 Å². The number of piperidine rings is 1. The minimum absolute atomic E-state index is 0.00194. The summed E-state index contributed by atoms with van der Waals surface area (Å²) in [6.07, 6.45) is -9.85. The zero-order chi connectivity index (χ0) is 30.8. The van der Waals surface area contributed by atoms with Crippen molar-refractivity contribution in [2.24, 2.45) is 5.92 Å². The minimum Gasteiger partial charge on any atom is -0.432 e. The highest BCUT2D eigenvalue weighted by molar-refractivity contribution is 5.79. The molecule has 2 heterocycles. The molecule has 1 unspecified atom stereocenters. The Kier molecular flexibility index (Phi) is 9.65. The second-order valence-corrected chi connectivity index (χ2v) is 11.0. The number of amides is 1. The number of fused-ring (bicyclic) bond motifs is 1. The fraction of sp³-hybridized carbons (Fsp3) is 0.704. The number of nitrogens with zero attached hydrogens (tertiary/aromatic N) is 1. The van der Waals surface area contributed by atoms with Crippen LogP contribution in [0.25, 0.3) is 0 Å². The monoisotopic (exact) mass is 612 g/mol. The summed E-state index contributed by atoms with van der Waals surface area (Å²) in [6.45, 7) is 2.27. The molecule has 1 N–H and O–H groups in total. The Balaban J connectivity index is 1.42. The van der Waals surface area contributed by atoms with Gasteiger partial charge in [-0.05, 0) is 55.9 Å². The Bertz CT molecular complexity index is 1100. The molecule has 4 atom stereocenters. The van der Waals surface area contributed by atoms with Gasteiger partial charge in [-0.15, -0.1) is 0 Å². The van der Waals surface area contributed by atoms with E-state index in [9.17, 15) is 35.9 Å². The quantitative estimate of drug-likeness (QED) is 0.207. The fourth-order valence-corrected chi connectivity index (χ4v) is 5.74. The van der Waals surface area contributed by atoms with Crippen LogP contribution < -0.4 is 5.32 Å². The zero-order valence-corrected chi connectivity index (χ0v) is 23.2. The Morgan fingerprint density at radius 1 is 1.02 bits per heavy atom. The van der Waals surface area contributed by atoms with Crippen LogP contribution in [0.4, 0.5) is 31.1 Å². The Morgan fingerprint density at radius 2 is 1.69 bits per heavy atom. The normalized spacial score (nSPS) is 26.6. The number of hydrogen-bond donors (Lipinski definition) is 1. The van der Waals surface area contributed by atoms with Crippen LogP contribution in [0, 0.1) is 5.92 Å². The van der Waals surface area contributed by atoms with Gasteiger partial charge in [0.05, 0.1) is 54.7 Å². The molecule has 2 aliphatic heterocycles. The van der Waals surface area contributed by atoms with Gasteiger partial charge in [0.25, 0.3) is 0 Å². The van der Waals surface area contributed by atoms with Gasteiger partial charge in [0.2, 0.25) is 5.91 Å². The van der Waals surface area contributed by atoms with Gasteiger partial charge in [-0.2, -0.15) is 26.3 Å². The van der Waals surface area contributed by atoms with E-state index in [2.05, 4.69) is 5.32 Å². The van der Waals surface area contributed by atoms with E-state index in [1.807, 2.05) is 4.90 Å². The van der Waals surface area contributed by atoms with E-state index in [-0.39, 0.29) is 50.0 Å². The van der Waals surface area contributed by atoms with Crippen LogP contribution in [0.15, 0.2) is 18.2 Å². The maximum absolute atomic E-state index is 13.4. The Hall–Kier alpha value is -2.62. The van der Waals surface area contributed by atoms with Crippen LogP contribution in [0.3, 0.4) is 0 Å². The lowest BCUT2D eigenvalue weighted by molar-refractivity contribution is -0.143. The molecule has 1 saturated carbocycles. The van der Waals surface area contributed by atoms with Crippen LogP contribution in [-0.4, -0.2) is 81.5 Å². The van der Waals surface area contributed by atoms with E-state index >= 15 is 0 Å². The number of nitrogens with one attached hydrogen (secondary N) is 1. The lowest BCUT2D eigenvalue weighted by Gasteiger charge is -2.44. The van der Waals surface area contributed by atoms with Gasteiger partial charge in [0.1, 0.15) is 13.3 Å². The van der Waals surface area contributed by atoms with E-state index in [1.165, 1.54) is 14.0 Å². The maximum Gasteiger partial charge on any atom is 0.509 e. The molecule has 9 nitrogen and oxygen atoms in total. The molecule has 0 aromatic heterocycles. The summed E-state index contributed by atoms with van der Waals surface area (Å²) < 4.78 is 106. The zero-order valence-electron chi connectivity index (χ0n) is 23.2. The van der Waals surface area contributed by atoms with Gasteiger partial charge in [-0.1, -0.05) is 0 Å². The van der Waals surface area contributed by atoms with Crippen LogP contribution >= 0.6 is 0 Å². The number of hydrogen-bond acceptors (Lipinski definition) is 8. The number of benzene rings is 1. The summed E-state index contributed by atoms with van der Waals surface area (Å²) in [5.41, 5.74) is -4.30. The van der Waals surface area contributed by atoms with E-state index < -0.39 is 46.8 Å². The molecule has 1 aromatic carbocycles. The van der Waals surface area contributed by atoms with Crippen molar-refractivity contribution >= 4 is 12.1 Å². The molecule has 0 bridgehead atoms. The summed E-state index contributed by atoms with van der Waals surface area (Å²) >= 11 is 0. The van der Waals surface area contributed by atoms with E-state index in [0.717, 1.165) is 0 Å². The summed E-state index contributed by atoms with van der Waals surface area (Å²) in [5, 5.41) is 3.02. The van der Waals surface area contributed by atoms with Crippen molar-refractivity contribution in [2.45, 2.75) is 62.1 Å². The Labute approximate surface area is 238 Å². The molecule has 1 spiro atoms. The van der Waals surface area contributed by atoms with Gasteiger partial charge in [0.15, 0.2) is 0 Å². The van der Waals surface area contributed by atoms with Crippen molar-refractivity contribution in [2.75, 3.05) is 53.4 Å². The number of rotatable bonds is 12. The summed E-state index contributed by atoms with van der Waals surface area (Å²) in [7, 11) is 1.52. The predicted molar refractivity (Wildman–Crippen MR) is 133 cm³/mol. The van der Waals surface area contributed by atoms with Crippen LogP contribution in [0.2, 0.25) is 0 Å². The van der Waals surface area contributed by atoms with E-state index in [0.29, 0.717) is 57.6 Å². The fourth-order valence-electron chi connectivity index (χ4n) is 5.74. The lowest BCUT2D eigenvalue weighted by atomic mass is 9.84. The van der Waals surface area contributed by atoms with Crippen molar-refractivity contribution < 1.29 is 59.6 Å². The third kappa shape index (κ3) is 7.66. The first kappa shape index (κ1) is 32.3. The van der Waals surface area contributed by atoms with Crippen molar-refractivity contribution in [3.8, 4) is 0 Å². The smallest absolute Gasteiger partial charge is 0.432 e. The third-order valence-electron chi connectivity index (χ3n) is 8.08.